The molecule has 1 unspecified atom stereocenters. The maximum atomic E-state index is 12.5. The molecule has 1 aliphatic rings. The predicted molar refractivity (Wildman–Crippen MR) is 105 cm³/mol. The summed E-state index contributed by atoms with van der Waals surface area (Å²) < 4.78 is 1.92. The highest BCUT2D eigenvalue weighted by Gasteiger charge is 2.29. The third kappa shape index (κ3) is 3.21. The Bertz CT molecular complexity index is 1060. The first-order valence-electron chi connectivity index (χ1n) is 9.34. The van der Waals surface area contributed by atoms with Crippen LogP contribution in [0.15, 0.2) is 30.5 Å². The topological polar surface area (TPSA) is 92.5 Å². The molecule has 2 aromatic heterocycles. The SMILES string of the molecule is Cc1nnc2nc(-c3ccc(NC(=O)C(C)N4CCCC4=O)cc3)cn2c1C. The number of rotatable bonds is 4. The molecule has 0 radical (unpaired) electrons. The molecule has 2 amide bonds. The van der Waals surface area contributed by atoms with Crippen LogP contribution in [-0.2, 0) is 9.59 Å². The summed E-state index contributed by atoms with van der Waals surface area (Å²) in [7, 11) is 0. The van der Waals surface area contributed by atoms with Gasteiger partial charge in [0.1, 0.15) is 6.04 Å². The van der Waals surface area contributed by atoms with Gasteiger partial charge in [0.15, 0.2) is 0 Å². The summed E-state index contributed by atoms with van der Waals surface area (Å²) >= 11 is 0. The van der Waals surface area contributed by atoms with Crippen molar-refractivity contribution in [1.29, 1.82) is 0 Å². The Morgan fingerprint density at radius 1 is 1.18 bits per heavy atom. The molecule has 1 saturated heterocycles. The predicted octanol–water partition coefficient (Wildman–Crippen LogP) is 2.36. The van der Waals surface area contributed by atoms with Crippen molar-refractivity contribution in [3.8, 4) is 11.3 Å². The zero-order valence-electron chi connectivity index (χ0n) is 16.1. The van der Waals surface area contributed by atoms with Gasteiger partial charge >= 0.3 is 0 Å². The van der Waals surface area contributed by atoms with Crippen LogP contribution >= 0.6 is 0 Å². The normalized spacial score (nSPS) is 15.2. The van der Waals surface area contributed by atoms with Crippen LogP contribution in [0.5, 0.6) is 0 Å². The molecule has 1 aliphatic heterocycles. The summed E-state index contributed by atoms with van der Waals surface area (Å²) in [5.74, 6) is 0.412. The average Bonchev–Trinajstić information content (AvgIpc) is 3.31. The molecule has 1 aromatic carbocycles. The van der Waals surface area contributed by atoms with Crippen LogP contribution in [0.25, 0.3) is 17.0 Å². The lowest BCUT2D eigenvalue weighted by molar-refractivity contribution is -0.134. The van der Waals surface area contributed by atoms with Gasteiger partial charge in [-0.1, -0.05) is 12.1 Å². The Morgan fingerprint density at radius 2 is 1.93 bits per heavy atom. The maximum Gasteiger partial charge on any atom is 0.254 e. The molecule has 8 nitrogen and oxygen atoms in total. The Kier molecular flexibility index (Phi) is 4.54. The van der Waals surface area contributed by atoms with E-state index in [-0.39, 0.29) is 11.8 Å². The largest absolute Gasteiger partial charge is 0.331 e. The first-order chi connectivity index (χ1) is 13.4. The lowest BCUT2D eigenvalue weighted by Gasteiger charge is -2.23. The minimum absolute atomic E-state index is 0.0403. The summed E-state index contributed by atoms with van der Waals surface area (Å²) in [5, 5.41) is 11.1. The number of nitrogens with zero attached hydrogens (tertiary/aromatic N) is 5. The van der Waals surface area contributed by atoms with E-state index in [2.05, 4.69) is 20.5 Å². The molecule has 1 fully saturated rings. The number of fused-ring (bicyclic) bond motifs is 1. The number of aryl methyl sites for hydroxylation is 2. The van der Waals surface area contributed by atoms with Crippen LogP contribution in [0.1, 0.15) is 31.2 Å². The number of hydrogen-bond acceptors (Lipinski definition) is 5. The van der Waals surface area contributed by atoms with Gasteiger partial charge in [-0.2, -0.15) is 5.10 Å². The summed E-state index contributed by atoms with van der Waals surface area (Å²) in [6, 6.07) is 6.99. The molecule has 0 spiro atoms. The van der Waals surface area contributed by atoms with Crippen LogP contribution in [-0.4, -0.2) is 48.9 Å². The number of hydrogen-bond donors (Lipinski definition) is 1. The van der Waals surface area contributed by atoms with E-state index in [1.807, 2.05) is 48.7 Å². The molecule has 0 saturated carbocycles. The number of likely N-dealkylation sites (tertiary alicyclic amines) is 1. The molecule has 3 heterocycles. The molecule has 1 atom stereocenters. The highest BCUT2D eigenvalue weighted by Crippen LogP contribution is 2.22. The number of benzene rings is 1. The van der Waals surface area contributed by atoms with Gasteiger partial charge in [-0.05, 0) is 39.3 Å². The molecular formula is C20H22N6O2. The quantitative estimate of drug-likeness (QED) is 0.752. The number of nitrogens with one attached hydrogen (secondary N) is 1. The third-order valence-electron chi connectivity index (χ3n) is 5.27. The summed E-state index contributed by atoms with van der Waals surface area (Å²) in [5.41, 5.74) is 4.25. The first kappa shape index (κ1) is 18.1. The number of anilines is 1. The Balaban J connectivity index is 1.50. The highest BCUT2D eigenvalue weighted by atomic mass is 16.2. The van der Waals surface area contributed by atoms with Crippen LogP contribution < -0.4 is 5.32 Å². The Hall–Kier alpha value is -3.29. The van der Waals surface area contributed by atoms with Gasteiger partial charge in [0.05, 0.1) is 11.4 Å². The van der Waals surface area contributed by atoms with E-state index in [0.29, 0.717) is 24.4 Å². The van der Waals surface area contributed by atoms with Crippen LogP contribution in [0.2, 0.25) is 0 Å². The van der Waals surface area contributed by atoms with E-state index in [1.54, 1.807) is 11.8 Å². The number of carbonyl (C=O) groups excluding carboxylic acids is 2. The Morgan fingerprint density at radius 3 is 2.61 bits per heavy atom. The van der Waals surface area contributed by atoms with E-state index in [0.717, 1.165) is 29.1 Å². The average molecular weight is 378 g/mol. The van der Waals surface area contributed by atoms with Crippen LogP contribution in [0.3, 0.4) is 0 Å². The van der Waals surface area contributed by atoms with Gasteiger partial charge in [-0.15, -0.1) is 5.10 Å². The van der Waals surface area contributed by atoms with E-state index in [4.69, 9.17) is 0 Å². The van der Waals surface area contributed by atoms with Gasteiger partial charge in [-0.3, -0.25) is 14.0 Å². The number of aromatic nitrogens is 4. The van der Waals surface area contributed by atoms with Crippen molar-refractivity contribution in [2.45, 2.75) is 39.7 Å². The van der Waals surface area contributed by atoms with Gasteiger partial charge < -0.3 is 10.2 Å². The number of carbonyl (C=O) groups is 2. The van der Waals surface area contributed by atoms with E-state index >= 15 is 0 Å². The van der Waals surface area contributed by atoms with Crippen molar-refractivity contribution in [3.63, 3.8) is 0 Å². The summed E-state index contributed by atoms with van der Waals surface area (Å²) in [6.07, 6.45) is 3.27. The second kappa shape index (κ2) is 7.03. The standard InChI is InChI=1S/C20H22N6O2/c1-12-13(2)26-11-17(22-20(26)24-23-12)15-6-8-16(9-7-15)21-19(28)14(3)25-10-4-5-18(25)27/h6-9,11,14H,4-5,10H2,1-3H3,(H,21,28). The maximum absolute atomic E-state index is 12.5. The van der Waals surface area contributed by atoms with Crippen molar-refractivity contribution in [1.82, 2.24) is 24.5 Å². The van der Waals surface area contributed by atoms with Crippen LogP contribution in [0, 0.1) is 13.8 Å². The second-order valence-electron chi connectivity index (χ2n) is 7.10. The molecule has 28 heavy (non-hydrogen) atoms. The first-order valence-corrected chi connectivity index (χ1v) is 9.34. The van der Waals surface area contributed by atoms with Gasteiger partial charge in [0.2, 0.25) is 11.8 Å². The number of amides is 2. The molecule has 1 N–H and O–H groups in total. The smallest absolute Gasteiger partial charge is 0.254 e. The minimum atomic E-state index is -0.474. The number of imidazole rings is 1. The van der Waals surface area contributed by atoms with E-state index in [1.165, 1.54) is 0 Å². The van der Waals surface area contributed by atoms with Crippen molar-refractivity contribution in [2.75, 3.05) is 11.9 Å². The summed E-state index contributed by atoms with van der Waals surface area (Å²) in [4.78, 5) is 30.4. The van der Waals surface area contributed by atoms with Crippen molar-refractivity contribution in [2.24, 2.45) is 0 Å². The molecule has 4 rings (SSSR count). The molecule has 3 aromatic rings. The third-order valence-corrected chi connectivity index (χ3v) is 5.27. The van der Waals surface area contributed by atoms with Gasteiger partial charge in [0.25, 0.3) is 5.78 Å². The fourth-order valence-corrected chi connectivity index (χ4v) is 3.38. The lowest BCUT2D eigenvalue weighted by atomic mass is 10.1. The fourth-order valence-electron chi connectivity index (χ4n) is 3.38. The summed E-state index contributed by atoms with van der Waals surface area (Å²) in [6.45, 7) is 6.29. The van der Waals surface area contributed by atoms with E-state index in [9.17, 15) is 9.59 Å². The molecular weight excluding hydrogens is 356 g/mol. The molecule has 144 valence electrons. The van der Waals surface area contributed by atoms with Crippen molar-refractivity contribution >= 4 is 23.3 Å². The highest BCUT2D eigenvalue weighted by molar-refractivity contribution is 5.97. The van der Waals surface area contributed by atoms with Gasteiger partial charge in [-0.25, -0.2) is 4.98 Å². The Labute approximate surface area is 162 Å². The zero-order chi connectivity index (χ0) is 19.8. The van der Waals surface area contributed by atoms with Crippen molar-refractivity contribution in [3.05, 3.63) is 41.9 Å². The fraction of sp³-hybridized carbons (Fsp3) is 0.350. The van der Waals surface area contributed by atoms with Gasteiger partial charge in [0, 0.05) is 36.1 Å². The minimum Gasteiger partial charge on any atom is -0.331 e. The van der Waals surface area contributed by atoms with Crippen molar-refractivity contribution < 1.29 is 9.59 Å². The lowest BCUT2D eigenvalue weighted by Crippen LogP contribution is -2.42. The monoisotopic (exact) mass is 378 g/mol. The van der Waals surface area contributed by atoms with E-state index < -0.39 is 6.04 Å². The molecule has 0 aliphatic carbocycles. The zero-order valence-corrected chi connectivity index (χ0v) is 16.1. The molecule has 0 bridgehead atoms. The molecule has 8 heteroatoms. The second-order valence-corrected chi connectivity index (χ2v) is 7.10. The van der Waals surface area contributed by atoms with Crippen LogP contribution in [0.4, 0.5) is 5.69 Å².